The molecule has 6 nitrogen and oxygen atoms in total. The summed E-state index contributed by atoms with van der Waals surface area (Å²) in [6.45, 7) is 5.59. The van der Waals surface area contributed by atoms with Crippen molar-refractivity contribution >= 4 is 39.1 Å². The van der Waals surface area contributed by atoms with Crippen LogP contribution in [0.3, 0.4) is 0 Å². The summed E-state index contributed by atoms with van der Waals surface area (Å²) >= 11 is 1.54. The van der Waals surface area contributed by atoms with Gasteiger partial charge in [-0.2, -0.15) is 0 Å². The lowest BCUT2D eigenvalue weighted by Crippen LogP contribution is -2.31. The molecule has 1 aliphatic rings. The van der Waals surface area contributed by atoms with E-state index in [4.69, 9.17) is 0 Å². The molecule has 0 saturated carbocycles. The highest BCUT2D eigenvalue weighted by molar-refractivity contribution is 8.00. The van der Waals surface area contributed by atoms with Gasteiger partial charge in [0.25, 0.3) is 0 Å². The normalized spacial score (nSPS) is 17.8. The fourth-order valence-corrected chi connectivity index (χ4v) is 4.68. The summed E-state index contributed by atoms with van der Waals surface area (Å²) in [5.74, 6) is -0.678. The van der Waals surface area contributed by atoms with Gasteiger partial charge >= 0.3 is 0 Å². The first-order valence-electron chi connectivity index (χ1n) is 7.80. The van der Waals surface area contributed by atoms with Gasteiger partial charge in [-0.25, -0.2) is 8.42 Å². The van der Waals surface area contributed by atoms with Gasteiger partial charge in [-0.1, -0.05) is 6.92 Å². The van der Waals surface area contributed by atoms with Gasteiger partial charge in [0, 0.05) is 29.0 Å². The molecule has 2 rings (SSSR count). The molecular formula is C16H22N2O4S2. The van der Waals surface area contributed by atoms with Crippen molar-refractivity contribution in [3.05, 3.63) is 18.2 Å². The third-order valence-electron chi connectivity index (χ3n) is 3.43. The predicted octanol–water partition coefficient (Wildman–Crippen LogP) is 2.20. The van der Waals surface area contributed by atoms with Crippen molar-refractivity contribution in [1.29, 1.82) is 0 Å². The van der Waals surface area contributed by atoms with Crippen LogP contribution in [0.2, 0.25) is 0 Å². The molecular weight excluding hydrogens is 348 g/mol. The van der Waals surface area contributed by atoms with Gasteiger partial charge in [0.15, 0.2) is 9.84 Å². The number of sulfone groups is 1. The number of benzene rings is 1. The van der Waals surface area contributed by atoms with Crippen molar-refractivity contribution in [2.24, 2.45) is 0 Å². The average Bonchev–Trinajstić information content (AvgIpc) is 2.60. The molecule has 1 aromatic rings. The molecule has 1 atom stereocenters. The molecule has 24 heavy (non-hydrogen) atoms. The van der Waals surface area contributed by atoms with E-state index in [-0.39, 0.29) is 40.2 Å². The molecule has 1 aliphatic heterocycles. The predicted molar refractivity (Wildman–Crippen MR) is 95.0 cm³/mol. The number of hydrogen-bond donors (Lipinski definition) is 2. The molecule has 0 saturated heterocycles. The summed E-state index contributed by atoms with van der Waals surface area (Å²) in [7, 11) is -3.59. The van der Waals surface area contributed by atoms with Gasteiger partial charge in [-0.15, -0.1) is 11.8 Å². The van der Waals surface area contributed by atoms with Gasteiger partial charge in [0.1, 0.15) is 0 Å². The molecule has 0 bridgehead atoms. The maximum atomic E-state index is 12.4. The molecule has 0 aromatic heterocycles. The molecule has 1 heterocycles. The minimum atomic E-state index is -3.59. The van der Waals surface area contributed by atoms with Crippen molar-refractivity contribution in [3.8, 4) is 0 Å². The van der Waals surface area contributed by atoms with Crippen LogP contribution in [0.4, 0.5) is 5.69 Å². The Hall–Kier alpha value is -1.54. The first-order chi connectivity index (χ1) is 11.2. The summed E-state index contributed by atoms with van der Waals surface area (Å²) in [5.41, 5.74) is 0.516. The Bertz CT molecular complexity index is 744. The van der Waals surface area contributed by atoms with E-state index in [1.54, 1.807) is 6.07 Å². The zero-order valence-corrected chi connectivity index (χ0v) is 15.6. The minimum absolute atomic E-state index is 0.0260. The van der Waals surface area contributed by atoms with Crippen molar-refractivity contribution in [2.75, 3.05) is 11.1 Å². The minimum Gasteiger partial charge on any atom is -0.354 e. The van der Waals surface area contributed by atoms with Gasteiger partial charge in [0.05, 0.1) is 16.3 Å². The van der Waals surface area contributed by atoms with Crippen molar-refractivity contribution in [3.63, 3.8) is 0 Å². The number of hydrogen-bond acceptors (Lipinski definition) is 5. The maximum Gasteiger partial charge on any atom is 0.225 e. The lowest BCUT2D eigenvalue weighted by atomic mass is 10.3. The molecule has 0 radical (unpaired) electrons. The monoisotopic (exact) mass is 370 g/mol. The highest BCUT2D eigenvalue weighted by Crippen LogP contribution is 2.36. The number of carbonyl (C=O) groups excluding carboxylic acids is 2. The third kappa shape index (κ3) is 4.98. The van der Waals surface area contributed by atoms with E-state index in [0.717, 1.165) is 4.90 Å². The van der Waals surface area contributed by atoms with Gasteiger partial charge in [0.2, 0.25) is 11.8 Å². The average molecular weight is 370 g/mol. The number of nitrogens with one attached hydrogen (secondary N) is 2. The van der Waals surface area contributed by atoms with Crippen molar-refractivity contribution in [2.45, 2.75) is 54.7 Å². The Morgan fingerprint density at radius 3 is 2.79 bits per heavy atom. The smallest absolute Gasteiger partial charge is 0.225 e. The lowest BCUT2D eigenvalue weighted by Gasteiger charge is -2.11. The molecule has 1 aromatic carbocycles. The second-order valence-corrected chi connectivity index (χ2v) is 9.72. The largest absolute Gasteiger partial charge is 0.354 e. The van der Waals surface area contributed by atoms with E-state index < -0.39 is 9.84 Å². The van der Waals surface area contributed by atoms with Gasteiger partial charge in [-0.05, 0) is 32.0 Å². The van der Waals surface area contributed by atoms with E-state index in [1.165, 1.54) is 23.9 Å². The number of anilines is 1. The standard InChI is InChI=1S/C16H22N2O4S2/c1-10(2)17-15(19)6-7-24(21,22)12-4-5-14-13(9-12)18-16(20)8-11(3)23-14/h4-5,9-11H,6-8H2,1-3H3,(H,17,19)(H,18,20)/t11-/m1/s1. The number of rotatable bonds is 5. The van der Waals surface area contributed by atoms with Crippen molar-refractivity contribution in [1.82, 2.24) is 5.32 Å². The number of amides is 2. The molecule has 2 N–H and O–H groups in total. The molecule has 0 aliphatic carbocycles. The SMILES string of the molecule is CC(C)NC(=O)CCS(=O)(=O)c1ccc2c(c1)NC(=O)C[C@@H](C)S2. The van der Waals surface area contributed by atoms with Crippen LogP contribution in [0.15, 0.2) is 28.0 Å². The van der Waals surface area contributed by atoms with Crippen LogP contribution >= 0.6 is 11.8 Å². The number of carbonyl (C=O) groups is 2. The van der Waals surface area contributed by atoms with E-state index in [9.17, 15) is 18.0 Å². The van der Waals surface area contributed by atoms with E-state index in [1.807, 2.05) is 20.8 Å². The van der Waals surface area contributed by atoms with Crippen LogP contribution in [0.1, 0.15) is 33.6 Å². The summed E-state index contributed by atoms with van der Waals surface area (Å²) in [5, 5.41) is 5.56. The highest BCUT2D eigenvalue weighted by Gasteiger charge is 2.22. The Balaban J connectivity index is 2.17. The molecule has 0 fully saturated rings. The Morgan fingerprint density at radius 1 is 1.42 bits per heavy atom. The van der Waals surface area contributed by atoms with Crippen LogP contribution in [-0.2, 0) is 19.4 Å². The van der Waals surface area contributed by atoms with Crippen LogP contribution in [0, 0.1) is 0 Å². The zero-order valence-electron chi connectivity index (χ0n) is 14.0. The molecule has 0 unspecified atom stereocenters. The van der Waals surface area contributed by atoms with E-state index in [0.29, 0.717) is 12.1 Å². The first-order valence-corrected chi connectivity index (χ1v) is 10.3. The fourth-order valence-electron chi connectivity index (χ4n) is 2.36. The topological polar surface area (TPSA) is 92.3 Å². The van der Waals surface area contributed by atoms with E-state index in [2.05, 4.69) is 10.6 Å². The van der Waals surface area contributed by atoms with Crippen LogP contribution in [0.5, 0.6) is 0 Å². The van der Waals surface area contributed by atoms with Crippen molar-refractivity contribution < 1.29 is 18.0 Å². The molecule has 2 amide bonds. The number of thioether (sulfide) groups is 1. The summed E-state index contributed by atoms with van der Waals surface area (Å²) in [4.78, 5) is 24.4. The summed E-state index contributed by atoms with van der Waals surface area (Å²) in [6, 6.07) is 4.70. The summed E-state index contributed by atoms with van der Waals surface area (Å²) in [6.07, 6.45) is 0.298. The summed E-state index contributed by atoms with van der Waals surface area (Å²) < 4.78 is 24.9. The van der Waals surface area contributed by atoms with Gasteiger partial charge in [-0.3, -0.25) is 9.59 Å². The molecule has 8 heteroatoms. The second-order valence-electron chi connectivity index (χ2n) is 6.13. The third-order valence-corrected chi connectivity index (χ3v) is 6.33. The van der Waals surface area contributed by atoms with Gasteiger partial charge < -0.3 is 10.6 Å². The molecule has 0 spiro atoms. The Kier molecular flexibility index (Phi) is 5.92. The molecule has 132 valence electrons. The Morgan fingerprint density at radius 2 is 2.12 bits per heavy atom. The quantitative estimate of drug-likeness (QED) is 0.829. The zero-order chi connectivity index (χ0) is 17.9. The lowest BCUT2D eigenvalue weighted by molar-refractivity contribution is -0.121. The van der Waals surface area contributed by atoms with Crippen LogP contribution in [0.25, 0.3) is 0 Å². The van der Waals surface area contributed by atoms with Crippen LogP contribution in [-0.4, -0.2) is 37.3 Å². The second kappa shape index (κ2) is 7.57. The van der Waals surface area contributed by atoms with E-state index >= 15 is 0 Å². The Labute approximate surface area is 146 Å². The highest BCUT2D eigenvalue weighted by atomic mass is 32.2. The number of fused-ring (bicyclic) bond motifs is 1. The first kappa shape index (κ1) is 18.8. The van der Waals surface area contributed by atoms with Crippen LogP contribution < -0.4 is 10.6 Å². The fraction of sp³-hybridized carbons (Fsp3) is 0.500. The maximum absolute atomic E-state index is 12.4.